The minimum absolute atomic E-state index is 0.369. The molecule has 0 fully saturated rings. The van der Waals surface area contributed by atoms with Gasteiger partial charge in [-0.25, -0.2) is 0 Å². The number of nitrogens with one attached hydrogen (secondary N) is 1. The molecule has 0 aliphatic heterocycles. The smallest absolute Gasteiger partial charge is 0.240 e. The highest BCUT2D eigenvalue weighted by Gasteiger charge is 2.12. The van der Waals surface area contributed by atoms with Crippen LogP contribution in [0.15, 0.2) is 22.9 Å². The molecule has 6 heteroatoms. The van der Waals surface area contributed by atoms with Gasteiger partial charge in [-0.2, -0.15) is 4.98 Å². The Balaban J connectivity index is 2.14. The maximum Gasteiger partial charge on any atom is 0.240 e. The monoisotopic (exact) mass is 248 g/mol. The van der Waals surface area contributed by atoms with Crippen molar-refractivity contribution in [2.24, 2.45) is 0 Å². The van der Waals surface area contributed by atoms with Crippen LogP contribution >= 0.6 is 11.6 Å². The lowest BCUT2D eigenvalue weighted by atomic mass is 10.3. The van der Waals surface area contributed by atoms with Gasteiger partial charge in [0, 0.05) is 6.20 Å². The number of aromatic nitrogens is 3. The SMILES string of the molecule is C#CCNCc1nc(-c2ncccc2Cl)no1. The molecule has 17 heavy (non-hydrogen) atoms. The van der Waals surface area contributed by atoms with E-state index >= 15 is 0 Å². The Hall–Kier alpha value is -1.90. The van der Waals surface area contributed by atoms with Gasteiger partial charge in [-0.1, -0.05) is 22.7 Å². The molecule has 2 heterocycles. The van der Waals surface area contributed by atoms with Gasteiger partial charge in [-0.3, -0.25) is 10.3 Å². The first-order valence-electron chi connectivity index (χ1n) is 4.89. The third-order valence-electron chi connectivity index (χ3n) is 1.94. The van der Waals surface area contributed by atoms with Crippen molar-refractivity contribution >= 4 is 11.6 Å². The van der Waals surface area contributed by atoms with Crippen LogP contribution in [0.1, 0.15) is 5.89 Å². The molecule has 0 aliphatic carbocycles. The molecule has 0 radical (unpaired) electrons. The Kier molecular flexibility index (Phi) is 3.70. The fourth-order valence-electron chi connectivity index (χ4n) is 1.21. The molecule has 0 amide bonds. The van der Waals surface area contributed by atoms with Crippen LogP contribution in [0, 0.1) is 12.3 Å². The topological polar surface area (TPSA) is 63.8 Å². The van der Waals surface area contributed by atoms with E-state index in [4.69, 9.17) is 22.5 Å². The van der Waals surface area contributed by atoms with Gasteiger partial charge < -0.3 is 4.52 Å². The molecule has 0 aliphatic rings. The summed E-state index contributed by atoms with van der Waals surface area (Å²) in [4.78, 5) is 8.25. The molecule has 2 aromatic heterocycles. The second-order valence-corrected chi connectivity index (χ2v) is 3.56. The molecular formula is C11H9ClN4O. The molecule has 0 saturated carbocycles. The number of hydrogen-bond acceptors (Lipinski definition) is 5. The van der Waals surface area contributed by atoms with Crippen LogP contribution in [0.2, 0.25) is 5.02 Å². The molecule has 0 spiro atoms. The van der Waals surface area contributed by atoms with E-state index in [0.717, 1.165) is 0 Å². The average Bonchev–Trinajstić information content (AvgIpc) is 2.79. The van der Waals surface area contributed by atoms with Crippen molar-refractivity contribution in [3.8, 4) is 23.9 Å². The Labute approximate surface area is 103 Å². The van der Waals surface area contributed by atoms with Crippen molar-refractivity contribution in [1.29, 1.82) is 0 Å². The van der Waals surface area contributed by atoms with Crippen molar-refractivity contribution in [3.63, 3.8) is 0 Å². The standard InChI is InChI=1S/C11H9ClN4O/c1-2-5-13-7-9-15-11(16-17-9)10-8(12)4-3-6-14-10/h1,3-4,6,13H,5,7H2. The number of nitrogens with zero attached hydrogens (tertiary/aromatic N) is 3. The van der Waals surface area contributed by atoms with Crippen LogP contribution in [-0.2, 0) is 6.54 Å². The highest BCUT2D eigenvalue weighted by Crippen LogP contribution is 2.22. The van der Waals surface area contributed by atoms with Crippen molar-refractivity contribution in [2.45, 2.75) is 6.54 Å². The third kappa shape index (κ3) is 2.81. The summed E-state index contributed by atoms with van der Waals surface area (Å²) in [5.41, 5.74) is 0.501. The largest absolute Gasteiger partial charge is 0.337 e. The first-order chi connectivity index (χ1) is 8.31. The molecule has 0 aromatic carbocycles. The van der Waals surface area contributed by atoms with Crippen LogP contribution in [0.25, 0.3) is 11.5 Å². The number of pyridine rings is 1. The van der Waals surface area contributed by atoms with E-state index < -0.39 is 0 Å². The normalized spacial score (nSPS) is 10.1. The first kappa shape index (κ1) is 11.6. The fourth-order valence-corrected chi connectivity index (χ4v) is 1.42. The second kappa shape index (κ2) is 5.43. The molecular weight excluding hydrogens is 240 g/mol. The molecule has 86 valence electrons. The zero-order chi connectivity index (χ0) is 12.1. The highest BCUT2D eigenvalue weighted by molar-refractivity contribution is 6.32. The van der Waals surface area contributed by atoms with Gasteiger partial charge in [0.2, 0.25) is 11.7 Å². The zero-order valence-corrected chi connectivity index (χ0v) is 9.61. The van der Waals surface area contributed by atoms with Crippen molar-refractivity contribution < 1.29 is 4.52 Å². The Bertz CT molecular complexity index is 546. The molecule has 2 rings (SSSR count). The van der Waals surface area contributed by atoms with Crippen molar-refractivity contribution in [2.75, 3.05) is 6.54 Å². The van der Waals surface area contributed by atoms with Gasteiger partial charge in [0.1, 0.15) is 5.69 Å². The molecule has 5 nitrogen and oxygen atoms in total. The lowest BCUT2D eigenvalue weighted by molar-refractivity contribution is 0.370. The highest BCUT2D eigenvalue weighted by atomic mass is 35.5. The Morgan fingerprint density at radius 2 is 2.41 bits per heavy atom. The summed E-state index contributed by atoms with van der Waals surface area (Å²) in [6, 6.07) is 3.46. The van der Waals surface area contributed by atoms with E-state index in [1.807, 2.05) is 0 Å². The number of terminal acetylenes is 1. The summed E-state index contributed by atoms with van der Waals surface area (Å²) >= 11 is 5.97. The summed E-state index contributed by atoms with van der Waals surface area (Å²) in [5, 5.41) is 7.23. The maximum atomic E-state index is 5.97. The maximum absolute atomic E-state index is 5.97. The predicted molar refractivity (Wildman–Crippen MR) is 63.1 cm³/mol. The Morgan fingerprint density at radius 3 is 3.18 bits per heavy atom. The van der Waals surface area contributed by atoms with Gasteiger partial charge in [0.05, 0.1) is 18.1 Å². The van der Waals surface area contributed by atoms with E-state index in [-0.39, 0.29) is 0 Å². The van der Waals surface area contributed by atoms with Crippen LogP contribution in [-0.4, -0.2) is 21.7 Å². The van der Waals surface area contributed by atoms with Gasteiger partial charge in [-0.15, -0.1) is 6.42 Å². The number of halogens is 1. The lowest BCUT2D eigenvalue weighted by Crippen LogP contribution is -2.13. The minimum atomic E-state index is 0.369. The molecule has 2 aromatic rings. The second-order valence-electron chi connectivity index (χ2n) is 3.15. The summed E-state index contributed by atoms with van der Waals surface area (Å²) in [6.07, 6.45) is 6.72. The molecule has 0 unspecified atom stereocenters. The van der Waals surface area contributed by atoms with Gasteiger partial charge in [0.15, 0.2) is 0 Å². The summed E-state index contributed by atoms with van der Waals surface area (Å²) < 4.78 is 5.03. The average molecular weight is 249 g/mol. The van der Waals surface area contributed by atoms with Gasteiger partial charge in [0.25, 0.3) is 0 Å². The summed E-state index contributed by atoms with van der Waals surface area (Å²) in [7, 11) is 0. The van der Waals surface area contributed by atoms with E-state index in [0.29, 0.717) is 35.5 Å². The molecule has 1 N–H and O–H groups in total. The van der Waals surface area contributed by atoms with Gasteiger partial charge in [-0.05, 0) is 12.1 Å². The Morgan fingerprint density at radius 1 is 1.53 bits per heavy atom. The number of rotatable bonds is 4. The van der Waals surface area contributed by atoms with E-state index in [9.17, 15) is 0 Å². The number of hydrogen-bond donors (Lipinski definition) is 1. The van der Waals surface area contributed by atoms with Crippen LogP contribution in [0.5, 0.6) is 0 Å². The van der Waals surface area contributed by atoms with E-state index in [1.165, 1.54) is 0 Å². The lowest BCUT2D eigenvalue weighted by Gasteiger charge is -1.95. The third-order valence-corrected chi connectivity index (χ3v) is 2.25. The van der Waals surface area contributed by atoms with Crippen LogP contribution in [0.3, 0.4) is 0 Å². The van der Waals surface area contributed by atoms with Crippen LogP contribution < -0.4 is 5.32 Å². The van der Waals surface area contributed by atoms with Crippen molar-refractivity contribution in [1.82, 2.24) is 20.4 Å². The molecule has 0 atom stereocenters. The van der Waals surface area contributed by atoms with Gasteiger partial charge >= 0.3 is 0 Å². The molecule has 0 saturated heterocycles. The summed E-state index contributed by atoms with van der Waals surface area (Å²) in [5.74, 6) is 3.26. The molecule has 0 bridgehead atoms. The first-order valence-corrected chi connectivity index (χ1v) is 5.26. The van der Waals surface area contributed by atoms with E-state index in [2.05, 4.69) is 26.4 Å². The quantitative estimate of drug-likeness (QED) is 0.656. The zero-order valence-electron chi connectivity index (χ0n) is 8.85. The fraction of sp³-hybridized carbons (Fsp3) is 0.182. The van der Waals surface area contributed by atoms with E-state index in [1.54, 1.807) is 18.3 Å². The van der Waals surface area contributed by atoms with Crippen molar-refractivity contribution in [3.05, 3.63) is 29.2 Å². The minimum Gasteiger partial charge on any atom is -0.337 e. The van der Waals surface area contributed by atoms with Crippen LogP contribution in [0.4, 0.5) is 0 Å². The predicted octanol–water partition coefficient (Wildman–Crippen LogP) is 1.51. The summed E-state index contributed by atoms with van der Waals surface area (Å²) in [6.45, 7) is 0.865.